The minimum Gasteiger partial charge on any atom is -0.495 e. The van der Waals surface area contributed by atoms with E-state index in [0.717, 1.165) is 16.7 Å². The van der Waals surface area contributed by atoms with E-state index in [1.165, 1.54) is 7.11 Å². The quantitative estimate of drug-likeness (QED) is 0.717. The summed E-state index contributed by atoms with van der Waals surface area (Å²) in [5, 5.41) is 3.32. The van der Waals surface area contributed by atoms with Crippen molar-refractivity contribution in [2.75, 3.05) is 12.4 Å². The second kappa shape index (κ2) is 8.00. The van der Waals surface area contributed by atoms with Crippen LogP contribution in [0, 0.1) is 20.8 Å². The summed E-state index contributed by atoms with van der Waals surface area (Å²) in [6.07, 6.45) is 1.97. The van der Waals surface area contributed by atoms with E-state index < -0.39 is 20.5 Å². The predicted octanol–water partition coefficient (Wildman–Crippen LogP) is 5.00. The SMILES string of the molecule is COc1cc(Cl)c(C)cc1NC(=O)C1(S(=O)(=O)c2ccc(C)c(C)c2)CCCC1. The van der Waals surface area contributed by atoms with Crippen LogP contribution in [0.1, 0.15) is 42.4 Å². The summed E-state index contributed by atoms with van der Waals surface area (Å²) < 4.78 is 31.1. The molecule has 0 radical (unpaired) electrons. The van der Waals surface area contributed by atoms with Crippen molar-refractivity contribution in [2.24, 2.45) is 0 Å². The molecule has 1 aliphatic carbocycles. The minimum absolute atomic E-state index is 0.192. The third-order valence-corrected chi connectivity index (χ3v) is 8.76. The zero-order chi connectivity index (χ0) is 21.4. The first-order valence-corrected chi connectivity index (χ1v) is 11.5. The van der Waals surface area contributed by atoms with E-state index in [9.17, 15) is 13.2 Å². The minimum atomic E-state index is -3.88. The number of hydrogen-bond donors (Lipinski definition) is 1. The number of aryl methyl sites for hydroxylation is 3. The molecule has 1 saturated carbocycles. The molecule has 0 aliphatic heterocycles. The molecule has 3 rings (SSSR count). The number of rotatable bonds is 5. The van der Waals surface area contributed by atoms with Crippen molar-refractivity contribution in [2.45, 2.75) is 56.1 Å². The van der Waals surface area contributed by atoms with Gasteiger partial charge < -0.3 is 10.1 Å². The molecule has 156 valence electrons. The van der Waals surface area contributed by atoms with Gasteiger partial charge in [0.05, 0.1) is 17.7 Å². The van der Waals surface area contributed by atoms with E-state index in [1.54, 1.807) is 30.3 Å². The summed E-state index contributed by atoms with van der Waals surface area (Å²) in [7, 11) is -2.40. The van der Waals surface area contributed by atoms with Crippen molar-refractivity contribution in [1.29, 1.82) is 0 Å². The number of benzene rings is 2. The van der Waals surface area contributed by atoms with E-state index in [1.807, 2.05) is 20.8 Å². The number of halogens is 1. The first-order valence-electron chi connectivity index (χ1n) is 9.60. The molecular formula is C22H26ClNO4S. The topological polar surface area (TPSA) is 72.5 Å². The molecule has 0 saturated heterocycles. The second-order valence-electron chi connectivity index (χ2n) is 7.71. The average Bonchev–Trinajstić information content (AvgIpc) is 3.18. The highest BCUT2D eigenvalue weighted by Crippen LogP contribution is 2.42. The Morgan fingerprint density at radius 2 is 1.69 bits per heavy atom. The van der Waals surface area contributed by atoms with Crippen LogP contribution in [0.3, 0.4) is 0 Å². The zero-order valence-corrected chi connectivity index (χ0v) is 18.7. The van der Waals surface area contributed by atoms with Gasteiger partial charge in [-0.3, -0.25) is 4.79 Å². The molecule has 1 N–H and O–H groups in total. The van der Waals surface area contributed by atoms with Crippen molar-refractivity contribution in [3.05, 3.63) is 52.0 Å². The van der Waals surface area contributed by atoms with Crippen LogP contribution in [0.2, 0.25) is 5.02 Å². The average molecular weight is 436 g/mol. The lowest BCUT2D eigenvalue weighted by Gasteiger charge is -2.28. The van der Waals surface area contributed by atoms with Gasteiger partial charge in [-0.25, -0.2) is 8.42 Å². The number of amides is 1. The number of nitrogens with one attached hydrogen (secondary N) is 1. The molecular weight excluding hydrogens is 410 g/mol. The summed E-state index contributed by atoms with van der Waals surface area (Å²) in [6.45, 7) is 5.62. The number of anilines is 1. The summed E-state index contributed by atoms with van der Waals surface area (Å²) >= 11 is 6.15. The smallest absolute Gasteiger partial charge is 0.246 e. The first kappa shape index (κ1) is 21.7. The third kappa shape index (κ3) is 3.76. The van der Waals surface area contributed by atoms with Gasteiger partial charge in [0.25, 0.3) is 0 Å². The van der Waals surface area contributed by atoms with E-state index >= 15 is 0 Å². The van der Waals surface area contributed by atoms with Crippen LogP contribution in [0.25, 0.3) is 0 Å². The molecule has 1 amide bonds. The van der Waals surface area contributed by atoms with Crippen LogP contribution in [0.15, 0.2) is 35.2 Å². The Hall–Kier alpha value is -2.05. The summed E-state index contributed by atoms with van der Waals surface area (Å²) in [4.78, 5) is 13.6. The van der Waals surface area contributed by atoms with Crippen molar-refractivity contribution >= 4 is 33.0 Å². The maximum absolute atomic E-state index is 13.6. The third-order valence-electron chi connectivity index (χ3n) is 5.86. The molecule has 5 nitrogen and oxygen atoms in total. The van der Waals surface area contributed by atoms with Gasteiger partial charge in [0.2, 0.25) is 5.91 Å². The van der Waals surface area contributed by atoms with Crippen LogP contribution in [-0.2, 0) is 14.6 Å². The monoisotopic (exact) mass is 435 g/mol. The van der Waals surface area contributed by atoms with Gasteiger partial charge in [-0.1, -0.05) is 30.5 Å². The number of carbonyl (C=O) groups excluding carboxylic acids is 1. The molecule has 0 unspecified atom stereocenters. The highest BCUT2D eigenvalue weighted by Gasteiger charge is 2.53. The Morgan fingerprint density at radius 1 is 1.03 bits per heavy atom. The maximum Gasteiger partial charge on any atom is 0.246 e. The van der Waals surface area contributed by atoms with Gasteiger partial charge in [-0.2, -0.15) is 0 Å². The Kier molecular flexibility index (Phi) is 5.97. The molecule has 0 heterocycles. The molecule has 0 atom stereocenters. The summed E-state index contributed by atoms with van der Waals surface area (Å²) in [5.41, 5.74) is 3.08. The van der Waals surface area contributed by atoms with Crippen molar-refractivity contribution < 1.29 is 17.9 Å². The lowest BCUT2D eigenvalue weighted by atomic mass is 10.1. The Balaban J connectivity index is 2.04. The van der Waals surface area contributed by atoms with E-state index in [-0.39, 0.29) is 4.90 Å². The molecule has 0 bridgehead atoms. The fourth-order valence-corrected chi connectivity index (χ4v) is 6.14. The molecule has 7 heteroatoms. The number of hydrogen-bond acceptors (Lipinski definition) is 4. The second-order valence-corrected chi connectivity index (χ2v) is 10.4. The van der Waals surface area contributed by atoms with Crippen LogP contribution >= 0.6 is 11.6 Å². The molecule has 1 fully saturated rings. The van der Waals surface area contributed by atoms with Crippen molar-refractivity contribution in [1.82, 2.24) is 0 Å². The van der Waals surface area contributed by atoms with E-state index in [0.29, 0.717) is 42.1 Å². The largest absolute Gasteiger partial charge is 0.495 e. The van der Waals surface area contributed by atoms with Gasteiger partial charge >= 0.3 is 0 Å². The summed E-state index contributed by atoms with van der Waals surface area (Å²) in [6, 6.07) is 8.35. The lowest BCUT2D eigenvalue weighted by Crippen LogP contribution is -2.47. The van der Waals surface area contributed by atoms with Gasteiger partial charge in [0.15, 0.2) is 14.6 Å². The van der Waals surface area contributed by atoms with Gasteiger partial charge in [-0.05, 0) is 68.5 Å². The van der Waals surface area contributed by atoms with E-state index in [4.69, 9.17) is 16.3 Å². The van der Waals surface area contributed by atoms with Crippen LogP contribution in [0.5, 0.6) is 5.75 Å². The molecule has 1 aliphatic rings. The zero-order valence-electron chi connectivity index (χ0n) is 17.1. The van der Waals surface area contributed by atoms with Crippen LogP contribution in [0.4, 0.5) is 5.69 Å². The number of ether oxygens (including phenoxy) is 1. The predicted molar refractivity (Wildman–Crippen MR) is 116 cm³/mol. The standard InChI is InChI=1S/C22H26ClNO4S/c1-14-7-8-17(11-15(14)2)29(26,27)22(9-5-6-10-22)21(25)24-19-12-16(3)18(23)13-20(19)28-4/h7-8,11-13H,5-6,9-10H2,1-4H3,(H,24,25). The normalized spacial score (nSPS) is 15.9. The molecule has 29 heavy (non-hydrogen) atoms. The highest BCUT2D eigenvalue weighted by molar-refractivity contribution is 7.93. The highest BCUT2D eigenvalue weighted by atomic mass is 35.5. The summed E-state index contributed by atoms with van der Waals surface area (Å²) in [5.74, 6) is -0.126. The molecule has 0 spiro atoms. The van der Waals surface area contributed by atoms with Crippen LogP contribution < -0.4 is 10.1 Å². The Labute approximate surface area is 177 Å². The number of carbonyl (C=O) groups is 1. The first-order chi connectivity index (χ1) is 13.6. The Bertz CT molecular complexity index is 1060. The fourth-order valence-electron chi connectivity index (χ4n) is 3.84. The number of sulfone groups is 1. The maximum atomic E-state index is 13.6. The molecule has 2 aromatic rings. The van der Waals surface area contributed by atoms with Crippen molar-refractivity contribution in [3.8, 4) is 5.75 Å². The molecule has 0 aromatic heterocycles. The van der Waals surface area contributed by atoms with Gasteiger partial charge in [0, 0.05) is 11.1 Å². The molecule has 2 aromatic carbocycles. The van der Waals surface area contributed by atoms with E-state index in [2.05, 4.69) is 5.32 Å². The van der Waals surface area contributed by atoms with Gasteiger partial charge in [0.1, 0.15) is 5.75 Å². The van der Waals surface area contributed by atoms with Crippen molar-refractivity contribution in [3.63, 3.8) is 0 Å². The lowest BCUT2D eigenvalue weighted by molar-refractivity contribution is -0.118. The Morgan fingerprint density at radius 3 is 2.28 bits per heavy atom. The number of methoxy groups -OCH3 is 1. The van der Waals surface area contributed by atoms with Crippen LogP contribution in [-0.4, -0.2) is 26.2 Å². The fraction of sp³-hybridized carbons (Fsp3) is 0.409. The van der Waals surface area contributed by atoms with Gasteiger partial charge in [-0.15, -0.1) is 0 Å².